The second-order valence-electron chi connectivity index (χ2n) is 37.0. The van der Waals surface area contributed by atoms with Crippen molar-refractivity contribution in [2.75, 3.05) is 9.80 Å². The van der Waals surface area contributed by atoms with Gasteiger partial charge in [-0.1, -0.05) is 479 Å². The third kappa shape index (κ3) is 14.1. The lowest BCUT2D eigenvalue weighted by atomic mass is 9.67. The smallest absolute Gasteiger partial charge is 0.136 e. The Bertz CT molecular complexity index is 8960. The Balaban J connectivity index is 0.000000146. The summed E-state index contributed by atoms with van der Waals surface area (Å²) in [6.45, 7) is 0. The topological polar surface area (TPSA) is 32.8 Å². The number of para-hydroxylation sites is 5. The number of fused-ring (bicyclic) bond motifs is 13. The first kappa shape index (κ1) is 84.1. The van der Waals surface area contributed by atoms with Gasteiger partial charge in [0.1, 0.15) is 22.3 Å². The van der Waals surface area contributed by atoms with Gasteiger partial charge in [0.2, 0.25) is 0 Å². The highest BCUT2D eigenvalue weighted by Crippen LogP contribution is 2.62. The van der Waals surface area contributed by atoms with Crippen LogP contribution in [0.25, 0.3) is 166 Å². The molecule has 2 aliphatic carbocycles. The van der Waals surface area contributed by atoms with Gasteiger partial charge in [-0.25, -0.2) is 0 Å². The zero-order valence-electron chi connectivity index (χ0n) is 77.8. The third-order valence-corrected chi connectivity index (χ3v) is 29.4. The first-order valence-corrected chi connectivity index (χ1v) is 48.9. The normalized spacial score (nSPS) is 12.5. The van der Waals surface area contributed by atoms with Gasteiger partial charge in [-0.15, -0.1) is 0 Å². The summed E-state index contributed by atoms with van der Waals surface area (Å²) < 4.78 is 12.9. The molecule has 0 atom stereocenters. The highest BCUT2D eigenvalue weighted by Gasteiger charge is 2.49. The molecule has 142 heavy (non-hydrogen) atoms. The van der Waals surface area contributed by atoms with Crippen LogP contribution in [0.1, 0.15) is 44.5 Å². The number of hydrogen-bond acceptors (Lipinski definition) is 4. The maximum atomic E-state index is 6.46. The minimum absolute atomic E-state index is 0.473. The Labute approximate surface area is 826 Å². The first-order valence-electron chi connectivity index (χ1n) is 48.9. The van der Waals surface area contributed by atoms with Crippen molar-refractivity contribution in [3.05, 3.63) is 603 Å². The van der Waals surface area contributed by atoms with Crippen LogP contribution in [-0.2, 0) is 10.8 Å². The molecule has 2 aromatic heterocycles. The molecular weight excluding hydrogens is 1720 g/mol. The molecule has 2 heterocycles. The Morgan fingerprint density at radius 2 is 0.408 bits per heavy atom. The zero-order valence-corrected chi connectivity index (χ0v) is 77.8. The van der Waals surface area contributed by atoms with Crippen molar-refractivity contribution >= 4 is 88.8 Å². The van der Waals surface area contributed by atoms with E-state index in [2.05, 4.69) is 556 Å². The summed E-state index contributed by atoms with van der Waals surface area (Å²) >= 11 is 0. The second kappa shape index (κ2) is 35.6. The molecule has 25 aromatic rings. The van der Waals surface area contributed by atoms with Crippen molar-refractivity contribution in [3.63, 3.8) is 0 Å². The van der Waals surface area contributed by atoms with E-state index in [1.165, 1.54) is 116 Å². The van der Waals surface area contributed by atoms with Crippen molar-refractivity contribution in [1.29, 1.82) is 0 Å². The number of anilines is 6. The molecule has 666 valence electrons. The van der Waals surface area contributed by atoms with Crippen molar-refractivity contribution in [1.82, 2.24) is 0 Å². The van der Waals surface area contributed by atoms with Crippen LogP contribution in [0.4, 0.5) is 34.1 Å². The van der Waals surface area contributed by atoms with Gasteiger partial charge in [0.25, 0.3) is 0 Å². The highest BCUT2D eigenvalue weighted by molar-refractivity contribution is 6.16. The molecule has 0 N–H and O–H groups in total. The van der Waals surface area contributed by atoms with Gasteiger partial charge in [-0.3, -0.25) is 0 Å². The monoisotopic (exact) mass is 1810 g/mol. The molecule has 0 amide bonds. The average Bonchev–Trinajstić information content (AvgIpc) is 1.53. The van der Waals surface area contributed by atoms with Crippen LogP contribution in [0.15, 0.2) is 567 Å². The van der Waals surface area contributed by atoms with Crippen molar-refractivity contribution in [2.45, 2.75) is 10.8 Å². The molecular formula is C138H92N2O2. The number of benzene rings is 23. The summed E-state index contributed by atoms with van der Waals surface area (Å²) in [5.41, 5.74) is 43.0. The van der Waals surface area contributed by atoms with Gasteiger partial charge in [-0.2, -0.15) is 0 Å². The highest BCUT2D eigenvalue weighted by atomic mass is 16.3. The predicted octanol–water partition coefficient (Wildman–Crippen LogP) is 37.3. The van der Waals surface area contributed by atoms with E-state index in [4.69, 9.17) is 8.83 Å². The molecule has 0 spiro atoms. The average molecular weight is 1810 g/mol. The van der Waals surface area contributed by atoms with Crippen LogP contribution in [0, 0.1) is 0 Å². The lowest BCUT2D eigenvalue weighted by molar-refractivity contribution is 0.668. The van der Waals surface area contributed by atoms with E-state index >= 15 is 0 Å². The zero-order chi connectivity index (χ0) is 94.0. The summed E-state index contributed by atoms with van der Waals surface area (Å²) in [6, 6.07) is 203. The first-order chi connectivity index (χ1) is 70.5. The van der Waals surface area contributed by atoms with Gasteiger partial charge in [0.15, 0.2) is 0 Å². The number of nitrogens with zero attached hydrogens (tertiary/aromatic N) is 2. The van der Waals surface area contributed by atoms with Gasteiger partial charge in [0, 0.05) is 55.3 Å². The van der Waals surface area contributed by atoms with Gasteiger partial charge >= 0.3 is 0 Å². The van der Waals surface area contributed by atoms with Crippen LogP contribution in [-0.4, -0.2) is 0 Å². The summed E-state index contributed by atoms with van der Waals surface area (Å²) in [5, 5.41) is 6.95. The fourth-order valence-corrected chi connectivity index (χ4v) is 23.2. The molecule has 0 bridgehead atoms. The standard InChI is InChI=1S/C71H47NO.C67H45NO/c1-3-20-53(21-4-1)71(54-22-5-2-6-23-54)64-31-12-9-26-62(64)69-59(29-16-32-65(69)71)52-42-46-56(47-43-52)72(66-33-13-10-25-60(66)61-30-17-35-68-70(61)63-27-11-14-34-67(63)73-68)55-44-40-49(41-45-55)48-36-38-51(39-37-48)58-28-15-19-50-18-7-8-24-57(50)58;1-4-20-46(21-5-1)47-38-40-48(41-39-47)53-26-11-15-34-61(53)68(62-35-16-12-27-55(62)56-31-19-37-64-66(56)58-29-13-17-36-63(58)69-64)52-44-42-49(43-45-52)54-30-18-33-60-65(54)57-28-10-14-32-59(57)67(60,50-22-6-2-7-23-50)51-24-8-3-9-25-51/h1-47H;1-45H. The van der Waals surface area contributed by atoms with Crippen molar-refractivity contribution in [2.24, 2.45) is 0 Å². The molecule has 0 fully saturated rings. The molecule has 23 aromatic carbocycles. The van der Waals surface area contributed by atoms with Crippen molar-refractivity contribution < 1.29 is 8.83 Å². The van der Waals surface area contributed by atoms with E-state index in [1.807, 2.05) is 12.1 Å². The molecule has 0 radical (unpaired) electrons. The molecule has 0 aliphatic heterocycles. The van der Waals surface area contributed by atoms with Crippen molar-refractivity contribution in [3.8, 4) is 111 Å². The maximum absolute atomic E-state index is 6.46. The lowest BCUT2D eigenvalue weighted by Gasteiger charge is -2.34. The fourth-order valence-electron chi connectivity index (χ4n) is 23.2. The van der Waals surface area contributed by atoms with Crippen LogP contribution < -0.4 is 9.80 Å². The third-order valence-electron chi connectivity index (χ3n) is 29.4. The molecule has 0 saturated carbocycles. The van der Waals surface area contributed by atoms with Gasteiger partial charge in [-0.05, 0) is 229 Å². The minimum Gasteiger partial charge on any atom is -0.456 e. The molecule has 4 nitrogen and oxygen atoms in total. The second-order valence-corrected chi connectivity index (χ2v) is 37.0. The summed E-state index contributed by atoms with van der Waals surface area (Å²) in [4.78, 5) is 4.86. The van der Waals surface area contributed by atoms with E-state index in [0.29, 0.717) is 0 Å². The van der Waals surface area contributed by atoms with E-state index in [1.54, 1.807) is 0 Å². The Kier molecular flexibility index (Phi) is 21.1. The largest absolute Gasteiger partial charge is 0.456 e. The maximum Gasteiger partial charge on any atom is 0.136 e. The van der Waals surface area contributed by atoms with E-state index in [9.17, 15) is 0 Å². The number of hydrogen-bond donors (Lipinski definition) is 0. The summed E-state index contributed by atoms with van der Waals surface area (Å²) in [7, 11) is 0. The fraction of sp³-hybridized carbons (Fsp3) is 0.0145. The Hall–Kier alpha value is -18.5. The van der Waals surface area contributed by atoms with Gasteiger partial charge in [0.05, 0.1) is 27.9 Å². The van der Waals surface area contributed by atoms with Crippen LogP contribution in [0.2, 0.25) is 0 Å². The molecule has 2 aliphatic rings. The van der Waals surface area contributed by atoms with Crippen LogP contribution in [0.3, 0.4) is 0 Å². The summed E-state index contributed by atoms with van der Waals surface area (Å²) in [6.07, 6.45) is 0. The van der Waals surface area contributed by atoms with Gasteiger partial charge < -0.3 is 18.6 Å². The van der Waals surface area contributed by atoms with Crippen LogP contribution in [0.5, 0.6) is 0 Å². The van der Waals surface area contributed by atoms with E-state index in [0.717, 1.165) is 128 Å². The molecule has 27 rings (SSSR count). The SMILES string of the molecule is c1ccc(-c2ccc(-c3ccccc3N(c3ccc(-c4cccc5c4-c4ccccc4C5(c4ccccc4)c4ccccc4)cc3)c3ccccc3-c3cccc4oc5ccccc5c34)cc2)cc1.c1ccc(C2(c3ccccc3)c3ccccc3-c3c(-c4ccc(N(c5ccc(-c6ccc(-c7cccc8ccccc78)cc6)cc5)c5ccccc5-c5cccc6oc7ccccc7c56)cc4)cccc32)cc1. The summed E-state index contributed by atoms with van der Waals surface area (Å²) in [5.74, 6) is 0. The number of furan rings is 2. The molecule has 4 heteroatoms. The Morgan fingerprint density at radius 3 is 0.859 bits per heavy atom. The predicted molar refractivity (Wildman–Crippen MR) is 592 cm³/mol. The lowest BCUT2D eigenvalue weighted by Crippen LogP contribution is -2.28. The van der Waals surface area contributed by atoms with E-state index < -0.39 is 10.8 Å². The minimum atomic E-state index is -0.475. The quantitative estimate of drug-likeness (QED) is 0.0857. The van der Waals surface area contributed by atoms with Crippen LogP contribution >= 0.6 is 0 Å². The number of rotatable bonds is 18. The molecule has 0 unspecified atom stereocenters. The van der Waals surface area contributed by atoms with E-state index in [-0.39, 0.29) is 0 Å². The molecule has 0 saturated heterocycles. The Morgan fingerprint density at radius 1 is 0.148 bits per heavy atom.